The second-order valence-electron chi connectivity index (χ2n) is 6.47. The van der Waals surface area contributed by atoms with E-state index in [1.165, 1.54) is 11.1 Å². The molecule has 0 aliphatic heterocycles. The molecule has 0 aromatic heterocycles. The summed E-state index contributed by atoms with van der Waals surface area (Å²) < 4.78 is 5.85. The highest BCUT2D eigenvalue weighted by molar-refractivity contribution is 5.70. The number of quaternary nitrogens is 1. The second-order valence-corrected chi connectivity index (χ2v) is 6.47. The summed E-state index contributed by atoms with van der Waals surface area (Å²) in [4.78, 5) is 11.5. The van der Waals surface area contributed by atoms with Crippen LogP contribution >= 0.6 is 0 Å². The molecule has 0 spiro atoms. The second kappa shape index (κ2) is 8.05. The lowest BCUT2D eigenvalue weighted by molar-refractivity contribution is -0.862. The van der Waals surface area contributed by atoms with Crippen LogP contribution in [0.5, 0.6) is 0 Å². The van der Waals surface area contributed by atoms with Crippen molar-refractivity contribution < 1.29 is 14.0 Å². The summed E-state index contributed by atoms with van der Waals surface area (Å²) in [5.41, 5.74) is 2.71. The Bertz CT molecular complexity index is 421. The van der Waals surface area contributed by atoms with Crippen molar-refractivity contribution in [3.63, 3.8) is 0 Å². The molecule has 1 aromatic carbocycles. The largest absolute Gasteiger partial charge is 0.462 e. The summed E-state index contributed by atoms with van der Waals surface area (Å²) in [5.74, 6) is -0.101. The van der Waals surface area contributed by atoms with Crippen LogP contribution in [0.25, 0.3) is 0 Å². The smallest absolute Gasteiger partial charge is 0.361 e. The molecular weight excluding hydrogens is 250 g/mol. The fourth-order valence-corrected chi connectivity index (χ4v) is 2.09. The minimum Gasteiger partial charge on any atom is -0.462 e. The van der Waals surface area contributed by atoms with E-state index in [1.54, 1.807) is 0 Å². The molecule has 0 amide bonds. The van der Waals surface area contributed by atoms with Crippen LogP contribution < -0.4 is 0 Å². The lowest BCUT2D eigenvalue weighted by atomic mass is 10.1. The standard InChI is InChI=1S/C17H28NO2/c1-15-9-8-11-16(13-15)10-6-5-7-12-20-17(19)14-18(2,3)4/h8-9,11,13H,5-7,10,12,14H2,1-4H3/q+1. The minimum absolute atomic E-state index is 0.101. The quantitative estimate of drug-likeness (QED) is 0.415. The number of likely N-dealkylation sites (N-methyl/N-ethyl adjacent to an activating group) is 1. The topological polar surface area (TPSA) is 26.3 Å². The number of esters is 1. The molecule has 0 aliphatic rings. The normalized spacial score (nSPS) is 11.4. The number of carbonyl (C=O) groups is 1. The van der Waals surface area contributed by atoms with Crippen molar-refractivity contribution in [3.05, 3.63) is 35.4 Å². The summed E-state index contributed by atoms with van der Waals surface area (Å²) in [6.45, 7) is 3.10. The number of benzene rings is 1. The van der Waals surface area contributed by atoms with Crippen LogP contribution in [0.3, 0.4) is 0 Å². The fraction of sp³-hybridized carbons (Fsp3) is 0.588. The summed E-state index contributed by atoms with van der Waals surface area (Å²) in [6.07, 6.45) is 4.31. The van der Waals surface area contributed by atoms with Crippen molar-refractivity contribution >= 4 is 5.97 Å². The molecule has 0 aliphatic carbocycles. The number of unbranched alkanes of at least 4 members (excludes halogenated alkanes) is 2. The third-order valence-electron chi connectivity index (χ3n) is 3.06. The van der Waals surface area contributed by atoms with Crippen LogP contribution in [0.2, 0.25) is 0 Å². The van der Waals surface area contributed by atoms with Crippen molar-refractivity contribution in [3.8, 4) is 0 Å². The van der Waals surface area contributed by atoms with E-state index in [1.807, 2.05) is 21.1 Å². The van der Waals surface area contributed by atoms with Gasteiger partial charge in [0.15, 0.2) is 6.54 Å². The van der Waals surface area contributed by atoms with Crippen LogP contribution in [0.4, 0.5) is 0 Å². The van der Waals surface area contributed by atoms with Gasteiger partial charge in [0.25, 0.3) is 0 Å². The molecule has 3 heteroatoms. The number of carbonyl (C=O) groups excluding carboxylic acids is 1. The number of ether oxygens (including phenoxy) is 1. The number of hydrogen-bond donors (Lipinski definition) is 0. The Kier molecular flexibility index (Phi) is 6.73. The highest BCUT2D eigenvalue weighted by atomic mass is 16.5. The predicted molar refractivity (Wildman–Crippen MR) is 82.6 cm³/mol. The maximum absolute atomic E-state index is 11.5. The van der Waals surface area contributed by atoms with Crippen LogP contribution in [0.15, 0.2) is 24.3 Å². The number of nitrogens with zero attached hydrogens (tertiary/aromatic N) is 1. The molecule has 0 heterocycles. The monoisotopic (exact) mass is 278 g/mol. The van der Waals surface area contributed by atoms with E-state index >= 15 is 0 Å². The lowest BCUT2D eigenvalue weighted by Gasteiger charge is -2.22. The highest BCUT2D eigenvalue weighted by Gasteiger charge is 2.14. The lowest BCUT2D eigenvalue weighted by Crippen LogP contribution is -2.40. The molecule has 0 fully saturated rings. The van der Waals surface area contributed by atoms with Crippen molar-refractivity contribution in [1.29, 1.82) is 0 Å². The molecule has 1 aromatic rings. The highest BCUT2D eigenvalue weighted by Crippen LogP contribution is 2.09. The molecule has 0 atom stereocenters. The summed E-state index contributed by atoms with van der Waals surface area (Å²) in [6, 6.07) is 8.64. The van der Waals surface area contributed by atoms with E-state index in [9.17, 15) is 4.79 Å². The van der Waals surface area contributed by atoms with Crippen LogP contribution in [-0.4, -0.2) is 44.7 Å². The average molecular weight is 278 g/mol. The molecule has 112 valence electrons. The van der Waals surface area contributed by atoms with Gasteiger partial charge >= 0.3 is 5.97 Å². The molecular formula is C17H28NO2+. The van der Waals surface area contributed by atoms with Gasteiger partial charge in [0.2, 0.25) is 0 Å². The zero-order valence-corrected chi connectivity index (χ0v) is 13.3. The third kappa shape index (κ3) is 7.95. The molecule has 0 bridgehead atoms. The van der Waals surface area contributed by atoms with E-state index in [4.69, 9.17) is 4.74 Å². The summed E-state index contributed by atoms with van der Waals surface area (Å²) >= 11 is 0. The van der Waals surface area contributed by atoms with Crippen LogP contribution in [0.1, 0.15) is 30.4 Å². The van der Waals surface area contributed by atoms with Gasteiger partial charge in [-0.2, -0.15) is 0 Å². The Labute approximate surface area is 123 Å². The number of aryl methyl sites for hydroxylation is 2. The van der Waals surface area contributed by atoms with Gasteiger partial charge in [-0.3, -0.25) is 0 Å². The first kappa shape index (κ1) is 16.7. The van der Waals surface area contributed by atoms with Crippen LogP contribution in [-0.2, 0) is 16.0 Å². The van der Waals surface area contributed by atoms with Gasteiger partial charge in [-0.05, 0) is 38.2 Å². The van der Waals surface area contributed by atoms with Gasteiger partial charge in [-0.1, -0.05) is 29.8 Å². The number of rotatable bonds is 8. The Morgan fingerprint density at radius 3 is 2.55 bits per heavy atom. The molecule has 20 heavy (non-hydrogen) atoms. The minimum atomic E-state index is -0.101. The number of hydrogen-bond acceptors (Lipinski definition) is 2. The maximum Gasteiger partial charge on any atom is 0.361 e. The Morgan fingerprint density at radius 1 is 1.15 bits per heavy atom. The van der Waals surface area contributed by atoms with E-state index < -0.39 is 0 Å². The van der Waals surface area contributed by atoms with Crippen molar-refractivity contribution in [2.75, 3.05) is 34.3 Å². The fourth-order valence-electron chi connectivity index (χ4n) is 2.09. The van der Waals surface area contributed by atoms with Gasteiger partial charge in [-0.25, -0.2) is 4.79 Å². The van der Waals surface area contributed by atoms with Crippen molar-refractivity contribution in [2.24, 2.45) is 0 Å². The van der Waals surface area contributed by atoms with Gasteiger partial charge in [0.1, 0.15) is 0 Å². The Morgan fingerprint density at radius 2 is 1.90 bits per heavy atom. The van der Waals surface area contributed by atoms with E-state index in [0.717, 1.165) is 25.7 Å². The zero-order valence-electron chi connectivity index (χ0n) is 13.3. The SMILES string of the molecule is Cc1cccc(CCCCCOC(=O)C[N+](C)(C)C)c1. The van der Waals surface area contributed by atoms with Gasteiger partial charge < -0.3 is 9.22 Å². The Balaban J connectivity index is 2.07. The maximum atomic E-state index is 11.5. The third-order valence-corrected chi connectivity index (χ3v) is 3.06. The van der Waals surface area contributed by atoms with Gasteiger partial charge in [-0.15, -0.1) is 0 Å². The molecule has 3 nitrogen and oxygen atoms in total. The molecule has 0 radical (unpaired) electrons. The van der Waals surface area contributed by atoms with Crippen molar-refractivity contribution in [2.45, 2.75) is 32.6 Å². The first-order chi connectivity index (χ1) is 9.37. The van der Waals surface area contributed by atoms with E-state index in [2.05, 4.69) is 31.2 Å². The van der Waals surface area contributed by atoms with Gasteiger partial charge in [0, 0.05) is 0 Å². The molecule has 0 saturated heterocycles. The summed E-state index contributed by atoms with van der Waals surface area (Å²) in [7, 11) is 5.97. The van der Waals surface area contributed by atoms with Crippen molar-refractivity contribution in [1.82, 2.24) is 0 Å². The summed E-state index contributed by atoms with van der Waals surface area (Å²) in [5, 5.41) is 0. The molecule has 0 saturated carbocycles. The molecule has 0 N–H and O–H groups in total. The van der Waals surface area contributed by atoms with Gasteiger partial charge in [0.05, 0.1) is 27.7 Å². The molecule has 1 rings (SSSR count). The molecule has 0 unspecified atom stereocenters. The van der Waals surface area contributed by atoms with E-state index in [0.29, 0.717) is 17.6 Å². The average Bonchev–Trinajstić information content (AvgIpc) is 2.31. The van der Waals surface area contributed by atoms with Crippen LogP contribution in [0, 0.1) is 6.92 Å². The first-order valence-corrected chi connectivity index (χ1v) is 7.38. The first-order valence-electron chi connectivity index (χ1n) is 7.38. The zero-order chi connectivity index (χ0) is 15.0. The van der Waals surface area contributed by atoms with E-state index in [-0.39, 0.29) is 5.97 Å². The predicted octanol–water partition coefficient (Wildman–Crippen LogP) is 2.96. The Hall–Kier alpha value is -1.35.